The van der Waals surface area contributed by atoms with Crippen molar-refractivity contribution in [2.45, 2.75) is 6.17 Å². The maximum atomic E-state index is 6.33. The lowest BCUT2D eigenvalue weighted by molar-refractivity contribution is 0.415. The second kappa shape index (κ2) is 5.94. The van der Waals surface area contributed by atoms with Crippen molar-refractivity contribution in [3.8, 4) is 17.0 Å². The van der Waals surface area contributed by atoms with Gasteiger partial charge >= 0.3 is 0 Å². The number of halogens is 1. The van der Waals surface area contributed by atoms with Gasteiger partial charge in [-0.1, -0.05) is 11.6 Å². The van der Waals surface area contributed by atoms with E-state index in [4.69, 9.17) is 22.1 Å². The van der Waals surface area contributed by atoms with Gasteiger partial charge < -0.3 is 10.5 Å². The van der Waals surface area contributed by atoms with Gasteiger partial charge in [0.05, 0.1) is 13.3 Å². The van der Waals surface area contributed by atoms with E-state index >= 15 is 0 Å². The number of nitrogens with two attached hydrogens (primary N) is 1. The van der Waals surface area contributed by atoms with Crippen LogP contribution < -0.4 is 15.5 Å². The number of anilines is 1. The summed E-state index contributed by atoms with van der Waals surface area (Å²) in [6.07, 6.45) is 8.96. The summed E-state index contributed by atoms with van der Waals surface area (Å²) in [5.74, 6) is 1.47. The molecule has 1 atom stereocenters. The average Bonchev–Trinajstić information content (AvgIpc) is 3.13. The minimum absolute atomic E-state index is 0.358. The lowest BCUT2D eigenvalue weighted by Crippen LogP contribution is -2.44. The Morgan fingerprint density at radius 1 is 1.32 bits per heavy atom. The summed E-state index contributed by atoms with van der Waals surface area (Å²) in [5, 5.41) is 9.07. The van der Waals surface area contributed by atoms with Crippen LogP contribution in [0.1, 0.15) is 0 Å². The van der Waals surface area contributed by atoms with Gasteiger partial charge in [-0.3, -0.25) is 9.69 Å². The zero-order valence-corrected chi connectivity index (χ0v) is 14.6. The Kier molecular flexibility index (Phi) is 3.74. The molecule has 8 heteroatoms. The first-order chi connectivity index (χ1) is 12.1. The van der Waals surface area contributed by atoms with Crippen LogP contribution in [-0.2, 0) is 7.05 Å². The van der Waals surface area contributed by atoms with Gasteiger partial charge in [0.1, 0.15) is 23.3 Å². The number of ether oxygens (including phenoxy) is 1. The predicted molar refractivity (Wildman–Crippen MR) is 98.2 cm³/mol. The van der Waals surface area contributed by atoms with E-state index in [0.29, 0.717) is 10.8 Å². The van der Waals surface area contributed by atoms with E-state index in [0.717, 1.165) is 22.8 Å². The molecule has 0 spiro atoms. The molecule has 3 heterocycles. The number of rotatable bonds is 3. The molecule has 1 aromatic carbocycles. The summed E-state index contributed by atoms with van der Waals surface area (Å²) in [6.45, 7) is 0. The zero-order valence-electron chi connectivity index (χ0n) is 13.8. The molecule has 2 aliphatic rings. The number of aromatic nitrogens is 2. The number of hydrogen-bond acceptors (Lipinski definition) is 6. The number of fused-ring (bicyclic) bond motifs is 1. The molecule has 0 saturated carbocycles. The topological polar surface area (TPSA) is 71.9 Å². The second-order valence-corrected chi connectivity index (χ2v) is 6.14. The molecule has 25 heavy (non-hydrogen) atoms. The Balaban J connectivity index is 1.85. The van der Waals surface area contributed by atoms with Crippen LogP contribution in [0.3, 0.4) is 0 Å². The summed E-state index contributed by atoms with van der Waals surface area (Å²) in [6, 6.07) is 5.46. The monoisotopic (exact) mass is 356 g/mol. The molecule has 1 unspecified atom stereocenters. The summed E-state index contributed by atoms with van der Waals surface area (Å²) in [7, 11) is 3.49. The highest BCUT2D eigenvalue weighted by atomic mass is 35.5. The lowest BCUT2D eigenvalue weighted by Gasteiger charge is -2.32. The van der Waals surface area contributed by atoms with Crippen LogP contribution in [-0.4, -0.2) is 34.3 Å². The molecule has 2 aromatic rings. The summed E-state index contributed by atoms with van der Waals surface area (Å²) >= 11 is 6.20. The van der Waals surface area contributed by atoms with Crippen LogP contribution in [0, 0.1) is 0 Å². The highest BCUT2D eigenvalue weighted by Crippen LogP contribution is 2.40. The number of hydrazine groups is 1. The maximum Gasteiger partial charge on any atom is 0.150 e. The molecule has 2 aliphatic heterocycles. The number of hydrogen-bond donors (Lipinski definition) is 1. The standard InChI is InChI=1S/C17H17ClN6O/c1-22-10-13(24-15(19)9-16-20-6-3-7-23(16)24)17(21-22)12-8-11(18)4-5-14(12)25-2/h3-10,15H,19H2,1-2H3. The molecule has 2 N–H and O–H groups in total. The molecular weight excluding hydrogens is 340 g/mol. The molecule has 0 amide bonds. The number of aryl methyl sites for hydroxylation is 1. The van der Waals surface area contributed by atoms with Crippen molar-refractivity contribution < 1.29 is 4.74 Å². The van der Waals surface area contributed by atoms with Crippen molar-refractivity contribution in [1.82, 2.24) is 14.8 Å². The van der Waals surface area contributed by atoms with Crippen molar-refractivity contribution >= 4 is 23.5 Å². The van der Waals surface area contributed by atoms with Crippen LogP contribution in [0.4, 0.5) is 5.69 Å². The van der Waals surface area contributed by atoms with Crippen LogP contribution >= 0.6 is 11.6 Å². The first kappa shape index (κ1) is 15.7. The summed E-state index contributed by atoms with van der Waals surface area (Å²) in [4.78, 5) is 4.36. The van der Waals surface area contributed by atoms with Gasteiger partial charge in [-0.15, -0.1) is 0 Å². The Hall–Kier alpha value is -2.77. The van der Waals surface area contributed by atoms with Crippen LogP contribution in [0.25, 0.3) is 11.3 Å². The van der Waals surface area contributed by atoms with Gasteiger partial charge in [-0.05, 0) is 30.4 Å². The van der Waals surface area contributed by atoms with Gasteiger partial charge in [0.2, 0.25) is 0 Å². The third-order valence-corrected chi connectivity index (χ3v) is 4.30. The van der Waals surface area contributed by atoms with E-state index in [1.165, 1.54) is 0 Å². The lowest BCUT2D eigenvalue weighted by atomic mass is 10.1. The van der Waals surface area contributed by atoms with Crippen molar-refractivity contribution in [3.63, 3.8) is 0 Å². The summed E-state index contributed by atoms with van der Waals surface area (Å²) in [5.41, 5.74) is 8.70. The third-order valence-electron chi connectivity index (χ3n) is 4.06. The van der Waals surface area contributed by atoms with Crippen LogP contribution in [0.2, 0.25) is 5.02 Å². The van der Waals surface area contributed by atoms with Crippen molar-refractivity contribution in [2.75, 3.05) is 12.1 Å². The van der Waals surface area contributed by atoms with Crippen LogP contribution in [0.15, 0.2) is 53.6 Å². The van der Waals surface area contributed by atoms with E-state index in [-0.39, 0.29) is 6.17 Å². The predicted octanol–water partition coefficient (Wildman–Crippen LogP) is 2.51. The van der Waals surface area contributed by atoms with Gasteiger partial charge in [-0.25, -0.2) is 10.0 Å². The van der Waals surface area contributed by atoms with Crippen molar-refractivity contribution in [1.29, 1.82) is 0 Å². The largest absolute Gasteiger partial charge is 0.496 e. The smallest absolute Gasteiger partial charge is 0.150 e. The highest BCUT2D eigenvalue weighted by molar-refractivity contribution is 6.31. The minimum atomic E-state index is -0.358. The van der Waals surface area contributed by atoms with Gasteiger partial charge in [-0.2, -0.15) is 5.10 Å². The first-order valence-corrected chi connectivity index (χ1v) is 8.10. The number of aliphatic imine (C=N–C) groups is 1. The molecule has 0 saturated heterocycles. The second-order valence-electron chi connectivity index (χ2n) is 5.71. The van der Waals surface area contributed by atoms with E-state index in [1.807, 2.05) is 53.7 Å². The van der Waals surface area contributed by atoms with E-state index < -0.39 is 0 Å². The quantitative estimate of drug-likeness (QED) is 0.914. The number of allylic oxidation sites excluding steroid dienone is 1. The average molecular weight is 357 g/mol. The highest BCUT2D eigenvalue weighted by Gasteiger charge is 2.33. The maximum absolute atomic E-state index is 6.33. The fourth-order valence-electron chi connectivity index (χ4n) is 3.02. The zero-order chi connectivity index (χ0) is 17.6. The van der Waals surface area contributed by atoms with Crippen molar-refractivity contribution in [2.24, 2.45) is 17.8 Å². The van der Waals surface area contributed by atoms with Crippen molar-refractivity contribution in [3.05, 3.63) is 53.6 Å². The van der Waals surface area contributed by atoms with E-state index in [1.54, 1.807) is 24.1 Å². The van der Waals surface area contributed by atoms with Gasteiger partial charge in [0.15, 0.2) is 5.82 Å². The minimum Gasteiger partial charge on any atom is -0.496 e. The van der Waals surface area contributed by atoms with Gasteiger partial charge in [0.25, 0.3) is 0 Å². The molecule has 128 valence electrons. The molecule has 1 aromatic heterocycles. The Bertz CT molecular complexity index is 916. The Morgan fingerprint density at radius 3 is 2.96 bits per heavy atom. The molecule has 0 aliphatic carbocycles. The molecule has 0 bridgehead atoms. The fourth-order valence-corrected chi connectivity index (χ4v) is 3.19. The number of nitrogens with zero attached hydrogens (tertiary/aromatic N) is 5. The van der Waals surface area contributed by atoms with E-state index in [2.05, 4.69) is 10.1 Å². The normalized spacial score (nSPS) is 18.6. The first-order valence-electron chi connectivity index (χ1n) is 7.72. The number of methoxy groups -OCH3 is 1. The molecule has 0 radical (unpaired) electrons. The van der Waals surface area contributed by atoms with Crippen LogP contribution in [0.5, 0.6) is 5.75 Å². The fraction of sp³-hybridized carbons (Fsp3) is 0.176. The third kappa shape index (κ3) is 2.57. The molecule has 0 fully saturated rings. The molecular formula is C17H17ClN6O. The Labute approximate surface area is 150 Å². The number of benzene rings is 1. The molecule has 7 nitrogen and oxygen atoms in total. The SMILES string of the molecule is COc1ccc(Cl)cc1-c1nn(C)cc1N1C(N)C=C2N=CC=CN21. The molecule has 4 rings (SSSR count). The summed E-state index contributed by atoms with van der Waals surface area (Å²) < 4.78 is 7.24. The van der Waals surface area contributed by atoms with E-state index in [9.17, 15) is 0 Å². The Morgan fingerprint density at radius 2 is 2.16 bits per heavy atom. The van der Waals surface area contributed by atoms with Gasteiger partial charge in [0, 0.05) is 30.0 Å².